The van der Waals surface area contributed by atoms with E-state index >= 15 is 0 Å². The maximum atomic E-state index is 12.8. The molecule has 1 aliphatic heterocycles. The van der Waals surface area contributed by atoms with Crippen molar-refractivity contribution in [3.8, 4) is 0 Å². The molecule has 69 heavy (non-hydrogen) atoms. The van der Waals surface area contributed by atoms with Gasteiger partial charge in [0.25, 0.3) is 0 Å². The fourth-order valence-corrected chi connectivity index (χ4v) is 11.0. The first-order valence-corrected chi connectivity index (χ1v) is 29.0. The largest absolute Gasteiger partial charge is 0.481 e. The first kappa shape index (κ1) is 60.9. The van der Waals surface area contributed by atoms with Gasteiger partial charge in [-0.3, -0.25) is 32.5 Å². The number of aromatic nitrogens is 4. The Bertz CT molecular complexity index is 2050. The van der Waals surface area contributed by atoms with Crippen LogP contribution >= 0.6 is 35.2 Å². The number of unbranched alkanes of at least 4 members (excludes halogenated alkanes) is 11. The monoisotopic (exact) mass is 1060 g/mol. The third-order valence-corrected chi connectivity index (χ3v) is 15.4. The number of rotatable bonds is 36. The predicted molar refractivity (Wildman–Crippen MR) is 256 cm³/mol. The van der Waals surface area contributed by atoms with E-state index in [-0.39, 0.29) is 41.6 Å². The van der Waals surface area contributed by atoms with E-state index in [2.05, 4.69) is 48.3 Å². The van der Waals surface area contributed by atoms with Crippen LogP contribution in [0.2, 0.25) is 0 Å². The van der Waals surface area contributed by atoms with Crippen molar-refractivity contribution in [1.82, 2.24) is 30.2 Å². The molecule has 3 heterocycles. The molecule has 2 aromatic heterocycles. The van der Waals surface area contributed by atoms with Crippen LogP contribution in [-0.4, -0.2) is 123 Å². The summed E-state index contributed by atoms with van der Waals surface area (Å²) in [4.78, 5) is 88.5. The van der Waals surface area contributed by atoms with Crippen LogP contribution in [0.5, 0.6) is 0 Å². The molecule has 8 unspecified atom stereocenters. The number of hydrogen-bond donors (Lipinski definition) is 9. The Kier molecular flexibility index (Phi) is 26.4. The lowest BCUT2D eigenvalue weighted by Gasteiger charge is -2.30. The summed E-state index contributed by atoms with van der Waals surface area (Å²) in [6, 6.07) is 0. The molecule has 24 nitrogen and oxygen atoms in total. The van der Waals surface area contributed by atoms with E-state index in [0.717, 1.165) is 54.2 Å². The molecule has 0 aromatic carbocycles. The van der Waals surface area contributed by atoms with Crippen LogP contribution in [0.3, 0.4) is 0 Å². The quantitative estimate of drug-likeness (QED) is 0.0298. The maximum absolute atomic E-state index is 12.8. The van der Waals surface area contributed by atoms with E-state index in [1.165, 1.54) is 90.9 Å². The highest BCUT2D eigenvalue weighted by Crippen LogP contribution is 2.61. The van der Waals surface area contributed by atoms with Crippen molar-refractivity contribution in [3.63, 3.8) is 0 Å². The van der Waals surface area contributed by atoms with E-state index in [9.17, 15) is 57.9 Å². The predicted octanol–water partition coefficient (Wildman–Crippen LogP) is 5.56. The second kappa shape index (κ2) is 29.9. The number of nitrogens with two attached hydrogens (primary N) is 1. The van der Waals surface area contributed by atoms with Crippen LogP contribution in [-0.2, 0) is 50.7 Å². The Morgan fingerprint density at radius 2 is 1.48 bits per heavy atom. The van der Waals surface area contributed by atoms with Gasteiger partial charge in [0.05, 0.1) is 19.5 Å². The van der Waals surface area contributed by atoms with E-state index < -0.39 is 84.6 Å². The molecule has 2 aromatic rings. The maximum Gasteiger partial charge on any atom is 0.481 e. The molecule has 2 amide bonds. The van der Waals surface area contributed by atoms with Gasteiger partial charge < -0.3 is 50.9 Å². The molecule has 0 aliphatic carbocycles. The molecule has 0 saturated carbocycles. The van der Waals surface area contributed by atoms with Gasteiger partial charge >= 0.3 is 23.5 Å². The summed E-state index contributed by atoms with van der Waals surface area (Å²) in [6.45, 7) is 5.21. The van der Waals surface area contributed by atoms with Crippen molar-refractivity contribution in [2.24, 2.45) is 11.3 Å². The van der Waals surface area contributed by atoms with E-state index in [4.69, 9.17) is 19.5 Å². The molecule has 1 fully saturated rings. The lowest BCUT2D eigenvalue weighted by molar-refractivity contribution is -0.137. The number of anilines is 1. The van der Waals surface area contributed by atoms with Gasteiger partial charge in [0.1, 0.15) is 36.3 Å². The number of phosphoric acid groups is 3. The lowest BCUT2D eigenvalue weighted by atomic mass is 9.87. The molecule has 3 rings (SSSR count). The second-order valence-electron chi connectivity index (χ2n) is 18.0. The highest BCUT2D eigenvalue weighted by Gasteiger charge is 2.50. The van der Waals surface area contributed by atoms with Crippen molar-refractivity contribution in [1.29, 1.82) is 0 Å². The van der Waals surface area contributed by atoms with Gasteiger partial charge in [-0.1, -0.05) is 129 Å². The number of nitrogen functional groups attached to an aromatic ring is 1. The Labute approximate surface area is 407 Å². The molecule has 0 radical (unpaired) electrons. The number of aliphatic hydroxyl groups is 2. The average molecular weight is 1060 g/mol. The van der Waals surface area contributed by atoms with Crippen molar-refractivity contribution in [2.75, 3.05) is 37.8 Å². The topological polar surface area (TPSA) is 364 Å². The number of nitrogens with one attached hydrogen (secondary N) is 2. The summed E-state index contributed by atoms with van der Waals surface area (Å²) in [5.74, 6) is -0.160. The Morgan fingerprint density at radius 3 is 2.12 bits per heavy atom. The SMILES string of the molecule is CCCCC(C)CCCCCCCCCCCCCC(=O)SCCNC(=O)CCNC(=O)C(O)C(C)(C)COP(=O)(O)OP(=O)(O)OCC1OC(n2cnc3c(N)ncnc32)C(O)C1OP(=O)(O)O. The molecular weight excluding hydrogens is 987 g/mol. The number of hydrogen-bond acceptors (Lipinski definition) is 18. The van der Waals surface area contributed by atoms with Gasteiger partial charge in [-0.2, -0.15) is 4.31 Å². The number of ether oxygens (including phenoxy) is 1. The third kappa shape index (κ3) is 22.9. The summed E-state index contributed by atoms with van der Waals surface area (Å²) < 4.78 is 62.5. The molecule has 0 spiro atoms. The molecule has 396 valence electrons. The van der Waals surface area contributed by atoms with E-state index in [1.807, 2.05) is 0 Å². The van der Waals surface area contributed by atoms with Crippen molar-refractivity contribution < 1.29 is 80.5 Å². The fraction of sp³-hybridized carbons (Fsp3) is 0.805. The van der Waals surface area contributed by atoms with E-state index in [0.29, 0.717) is 12.2 Å². The highest BCUT2D eigenvalue weighted by molar-refractivity contribution is 8.13. The lowest BCUT2D eigenvalue weighted by Crippen LogP contribution is -2.46. The van der Waals surface area contributed by atoms with Crippen LogP contribution < -0.4 is 16.4 Å². The van der Waals surface area contributed by atoms with Crippen LogP contribution in [0.15, 0.2) is 12.7 Å². The fourth-order valence-electron chi connectivity index (χ4n) is 7.42. The number of carbonyl (C=O) groups is 3. The number of thioether (sulfide) groups is 1. The smallest absolute Gasteiger partial charge is 0.386 e. The van der Waals surface area contributed by atoms with Crippen LogP contribution in [0.4, 0.5) is 5.82 Å². The number of aliphatic hydroxyl groups excluding tert-OH is 2. The molecule has 1 aliphatic rings. The summed E-state index contributed by atoms with van der Waals surface area (Å²) in [6.07, 6.45) is 12.3. The third-order valence-electron chi connectivity index (χ3n) is 11.4. The highest BCUT2D eigenvalue weighted by atomic mass is 32.2. The Balaban J connectivity index is 1.28. The summed E-state index contributed by atoms with van der Waals surface area (Å²) in [7, 11) is -16.4. The summed E-state index contributed by atoms with van der Waals surface area (Å²) in [5.41, 5.74) is 4.29. The molecule has 0 bridgehead atoms. The second-order valence-corrected chi connectivity index (χ2v) is 23.4. The van der Waals surface area contributed by atoms with Crippen LogP contribution in [0.1, 0.15) is 143 Å². The number of carbonyl (C=O) groups excluding carboxylic acids is 3. The zero-order chi connectivity index (χ0) is 51.3. The molecule has 10 N–H and O–H groups in total. The minimum Gasteiger partial charge on any atom is -0.386 e. The van der Waals surface area contributed by atoms with Crippen LogP contribution in [0, 0.1) is 11.3 Å². The molecule has 8 atom stereocenters. The Hall–Kier alpha value is -2.44. The summed E-state index contributed by atoms with van der Waals surface area (Å²) >= 11 is 1.16. The number of imidazole rings is 1. The van der Waals surface area contributed by atoms with Gasteiger partial charge in [0, 0.05) is 37.1 Å². The minimum absolute atomic E-state index is 0.0340. The Morgan fingerprint density at radius 1 is 0.870 bits per heavy atom. The van der Waals surface area contributed by atoms with E-state index in [1.54, 1.807) is 0 Å². The van der Waals surface area contributed by atoms with Gasteiger partial charge in [-0.15, -0.1) is 0 Å². The van der Waals surface area contributed by atoms with Crippen molar-refractivity contribution in [3.05, 3.63) is 12.7 Å². The number of amides is 2. The van der Waals surface area contributed by atoms with Crippen LogP contribution in [0.25, 0.3) is 11.2 Å². The number of fused-ring (bicyclic) bond motifs is 1. The zero-order valence-electron chi connectivity index (χ0n) is 40.0. The summed E-state index contributed by atoms with van der Waals surface area (Å²) in [5, 5.41) is 26.7. The van der Waals surface area contributed by atoms with Gasteiger partial charge in [-0.25, -0.2) is 28.6 Å². The average Bonchev–Trinajstić information content (AvgIpc) is 3.84. The molecule has 28 heteroatoms. The normalized spacial score (nSPS) is 20.3. The number of nitrogens with zero attached hydrogens (tertiary/aromatic N) is 4. The van der Waals surface area contributed by atoms with Crippen molar-refractivity contribution >= 4 is 69.1 Å². The van der Waals surface area contributed by atoms with Gasteiger partial charge in [0.15, 0.2) is 22.8 Å². The first-order valence-electron chi connectivity index (χ1n) is 23.5. The van der Waals surface area contributed by atoms with Gasteiger partial charge in [0.2, 0.25) is 11.8 Å². The molecule has 1 saturated heterocycles. The first-order chi connectivity index (χ1) is 32.4. The number of phosphoric ester groups is 3. The molecular formula is C41H74N7O17P3S. The standard InChI is InChI=1S/C41H74N7O17P3S/c1-5-6-18-29(2)19-16-14-12-10-8-7-9-11-13-15-17-20-32(50)69-24-23-43-31(49)21-22-44-39(53)36(52)41(3,4)26-62-68(59,60)65-67(57,58)61-25-30-35(64-66(54,55)56)34(51)40(63-30)48-28-47-33-37(42)45-27-46-38(33)48/h27-30,34-36,40,51-52H,5-26H2,1-4H3,(H,43,49)(H,44,53)(H,57,58)(H,59,60)(H2,42,45,46)(H2,54,55,56). The minimum atomic E-state index is -5.58. The van der Waals surface area contributed by atoms with Crippen molar-refractivity contribution in [2.45, 2.75) is 167 Å². The van der Waals surface area contributed by atoms with Gasteiger partial charge in [-0.05, 0) is 12.3 Å². The zero-order valence-corrected chi connectivity index (χ0v) is 43.5.